The van der Waals surface area contributed by atoms with Crippen molar-refractivity contribution in [3.8, 4) is 0 Å². The number of rotatable bonds is 7. The lowest BCUT2D eigenvalue weighted by Crippen LogP contribution is -2.33. The Morgan fingerprint density at radius 2 is 1.52 bits per heavy atom. The van der Waals surface area contributed by atoms with E-state index in [-0.39, 0.29) is 5.91 Å². The normalized spacial score (nSPS) is 15.4. The highest BCUT2D eigenvalue weighted by Crippen LogP contribution is 2.23. The van der Waals surface area contributed by atoms with Gasteiger partial charge in [0.15, 0.2) is 0 Å². The lowest BCUT2D eigenvalue weighted by molar-refractivity contribution is 0.0955. The largest absolute Gasteiger partial charge is 0.299 e. The summed E-state index contributed by atoms with van der Waals surface area (Å²) in [6.07, 6.45) is 3.67. The number of nitrogens with zero attached hydrogens (tertiary/aromatic N) is 2. The van der Waals surface area contributed by atoms with Crippen molar-refractivity contribution < 1.29 is 4.79 Å². The molecule has 1 heterocycles. The van der Waals surface area contributed by atoms with Gasteiger partial charge in [-0.1, -0.05) is 72.3 Å². The molecule has 3 aromatic rings. The molecule has 0 aromatic heterocycles. The van der Waals surface area contributed by atoms with Crippen molar-refractivity contribution >= 4 is 11.6 Å². The zero-order chi connectivity index (χ0) is 23.0. The molecule has 3 aromatic carbocycles. The maximum atomic E-state index is 12.5. The minimum atomic E-state index is -0.185. The van der Waals surface area contributed by atoms with Crippen molar-refractivity contribution in [3.05, 3.63) is 107 Å². The number of aryl methyl sites for hydroxylation is 1. The van der Waals surface area contributed by atoms with Gasteiger partial charge in [-0.05, 0) is 80.9 Å². The third kappa shape index (κ3) is 6.62. The topological polar surface area (TPSA) is 44.7 Å². The molecule has 1 fully saturated rings. The maximum absolute atomic E-state index is 12.5. The minimum Gasteiger partial charge on any atom is -0.299 e. The summed E-state index contributed by atoms with van der Waals surface area (Å²) in [6, 6.07) is 26.8. The molecule has 1 saturated heterocycles. The molecule has 1 N–H and O–H groups in total. The maximum Gasteiger partial charge on any atom is 0.271 e. The van der Waals surface area contributed by atoms with E-state index in [4.69, 9.17) is 0 Å². The Morgan fingerprint density at radius 3 is 2.18 bits per heavy atom. The number of hydrogen-bond donors (Lipinski definition) is 1. The second kappa shape index (κ2) is 11.1. The van der Waals surface area contributed by atoms with E-state index in [0.29, 0.717) is 5.56 Å². The first kappa shape index (κ1) is 22.9. The van der Waals surface area contributed by atoms with Crippen molar-refractivity contribution in [2.75, 3.05) is 13.1 Å². The Labute approximate surface area is 197 Å². The van der Waals surface area contributed by atoms with Gasteiger partial charge < -0.3 is 0 Å². The Hall–Kier alpha value is -3.24. The third-order valence-corrected chi connectivity index (χ3v) is 6.49. The molecule has 1 amide bonds. The minimum absolute atomic E-state index is 0.185. The fourth-order valence-electron chi connectivity index (χ4n) is 4.37. The van der Waals surface area contributed by atoms with Crippen LogP contribution in [0.5, 0.6) is 0 Å². The molecule has 0 aliphatic carbocycles. The van der Waals surface area contributed by atoms with E-state index in [0.717, 1.165) is 36.8 Å². The van der Waals surface area contributed by atoms with E-state index in [2.05, 4.69) is 64.8 Å². The number of carbonyl (C=O) groups is 1. The summed E-state index contributed by atoms with van der Waals surface area (Å²) in [5, 5.41) is 4.26. The van der Waals surface area contributed by atoms with Crippen molar-refractivity contribution in [3.63, 3.8) is 0 Å². The van der Waals surface area contributed by atoms with Gasteiger partial charge in [-0.3, -0.25) is 9.69 Å². The first-order chi connectivity index (χ1) is 16.1. The molecule has 0 radical (unpaired) electrons. The first-order valence-corrected chi connectivity index (χ1v) is 11.8. The molecular formula is C29H33N3O. The van der Waals surface area contributed by atoms with Crippen LogP contribution in [-0.2, 0) is 13.0 Å². The molecule has 1 aliphatic heterocycles. The van der Waals surface area contributed by atoms with Crippen molar-refractivity contribution in [2.45, 2.75) is 39.7 Å². The molecule has 0 unspecified atom stereocenters. The smallest absolute Gasteiger partial charge is 0.271 e. The predicted octanol–water partition coefficient (Wildman–Crippen LogP) is 5.60. The van der Waals surface area contributed by atoms with E-state index >= 15 is 0 Å². The monoisotopic (exact) mass is 439 g/mol. The Bertz CT molecular complexity index is 1060. The molecule has 0 atom stereocenters. The van der Waals surface area contributed by atoms with Crippen LogP contribution in [0.4, 0.5) is 0 Å². The van der Waals surface area contributed by atoms with Gasteiger partial charge in [-0.25, -0.2) is 5.43 Å². The second-order valence-electron chi connectivity index (χ2n) is 9.11. The Balaban J connectivity index is 1.25. The van der Waals surface area contributed by atoms with Crippen LogP contribution in [0.3, 0.4) is 0 Å². The van der Waals surface area contributed by atoms with E-state index < -0.39 is 0 Å². The lowest BCUT2D eigenvalue weighted by Gasteiger charge is -2.32. The van der Waals surface area contributed by atoms with Crippen molar-refractivity contribution in [1.29, 1.82) is 0 Å². The number of hydrogen-bond acceptors (Lipinski definition) is 3. The van der Waals surface area contributed by atoms with Crippen LogP contribution in [0.2, 0.25) is 0 Å². The van der Waals surface area contributed by atoms with Crippen molar-refractivity contribution in [1.82, 2.24) is 10.3 Å². The number of hydrazone groups is 1. The standard InChI is InChI=1S/C29H33N3O/c1-22-8-12-27(13-9-22)23(2)30-31-29(33)28-14-10-26(11-15-28)21-32-18-16-25(17-19-32)20-24-6-4-3-5-7-24/h3-15,25H,16-21H2,1-2H3,(H,31,33)/b30-23-. The van der Waals surface area contributed by atoms with E-state index in [9.17, 15) is 4.79 Å². The number of likely N-dealkylation sites (tertiary alicyclic amines) is 1. The second-order valence-corrected chi connectivity index (χ2v) is 9.11. The van der Waals surface area contributed by atoms with Gasteiger partial charge >= 0.3 is 0 Å². The fraction of sp³-hybridized carbons (Fsp3) is 0.310. The molecule has 1 aliphatic rings. The summed E-state index contributed by atoms with van der Waals surface area (Å²) in [5.74, 6) is 0.591. The van der Waals surface area contributed by atoms with Crippen LogP contribution in [0, 0.1) is 12.8 Å². The van der Waals surface area contributed by atoms with Crippen LogP contribution >= 0.6 is 0 Å². The zero-order valence-corrected chi connectivity index (χ0v) is 19.6. The van der Waals surface area contributed by atoms with E-state index in [1.807, 2.05) is 43.3 Å². The third-order valence-electron chi connectivity index (χ3n) is 6.49. The highest BCUT2D eigenvalue weighted by Gasteiger charge is 2.19. The summed E-state index contributed by atoms with van der Waals surface area (Å²) >= 11 is 0. The fourth-order valence-corrected chi connectivity index (χ4v) is 4.37. The molecule has 33 heavy (non-hydrogen) atoms. The van der Waals surface area contributed by atoms with E-state index in [1.54, 1.807) is 0 Å². The number of amides is 1. The molecule has 170 valence electrons. The molecule has 4 heteroatoms. The van der Waals surface area contributed by atoms with Crippen LogP contribution in [0.15, 0.2) is 84.0 Å². The number of nitrogens with one attached hydrogen (secondary N) is 1. The van der Waals surface area contributed by atoms with Gasteiger partial charge in [-0.15, -0.1) is 0 Å². The Morgan fingerprint density at radius 1 is 0.879 bits per heavy atom. The van der Waals surface area contributed by atoms with E-state index in [1.165, 1.54) is 36.0 Å². The number of carbonyl (C=O) groups excluding carboxylic acids is 1. The number of piperidine rings is 1. The highest BCUT2D eigenvalue weighted by molar-refractivity contribution is 6.00. The summed E-state index contributed by atoms with van der Waals surface area (Å²) in [5.41, 5.74) is 8.98. The summed E-state index contributed by atoms with van der Waals surface area (Å²) in [7, 11) is 0. The van der Waals surface area contributed by atoms with Gasteiger partial charge in [0.05, 0.1) is 5.71 Å². The van der Waals surface area contributed by atoms with Gasteiger partial charge in [0.2, 0.25) is 0 Å². The summed E-state index contributed by atoms with van der Waals surface area (Å²) in [6.45, 7) is 7.15. The zero-order valence-electron chi connectivity index (χ0n) is 19.6. The first-order valence-electron chi connectivity index (χ1n) is 11.8. The van der Waals surface area contributed by atoms with Gasteiger partial charge in [0.25, 0.3) is 5.91 Å². The SMILES string of the molecule is C/C(=N/NC(=O)c1ccc(CN2CCC(Cc3ccccc3)CC2)cc1)c1ccc(C)cc1. The predicted molar refractivity (Wildman–Crippen MR) is 135 cm³/mol. The van der Waals surface area contributed by atoms with Gasteiger partial charge in [0.1, 0.15) is 0 Å². The van der Waals surface area contributed by atoms with Crippen LogP contribution in [0.1, 0.15) is 52.4 Å². The summed E-state index contributed by atoms with van der Waals surface area (Å²) < 4.78 is 0. The Kier molecular flexibility index (Phi) is 7.69. The molecule has 4 rings (SSSR count). The van der Waals surface area contributed by atoms with Crippen LogP contribution < -0.4 is 5.43 Å². The van der Waals surface area contributed by atoms with Gasteiger partial charge in [-0.2, -0.15) is 5.10 Å². The summed E-state index contributed by atoms with van der Waals surface area (Å²) in [4.78, 5) is 15.0. The quantitative estimate of drug-likeness (QED) is 0.384. The van der Waals surface area contributed by atoms with Crippen LogP contribution in [-0.4, -0.2) is 29.6 Å². The molecule has 4 nitrogen and oxygen atoms in total. The van der Waals surface area contributed by atoms with Gasteiger partial charge in [0, 0.05) is 12.1 Å². The molecule has 0 bridgehead atoms. The van der Waals surface area contributed by atoms with Crippen molar-refractivity contribution in [2.24, 2.45) is 11.0 Å². The molecular weight excluding hydrogens is 406 g/mol. The number of benzene rings is 3. The highest BCUT2D eigenvalue weighted by atomic mass is 16.2. The molecule has 0 spiro atoms. The molecule has 0 saturated carbocycles. The average Bonchev–Trinajstić information content (AvgIpc) is 2.85. The average molecular weight is 440 g/mol. The lowest BCUT2D eigenvalue weighted by atomic mass is 9.90. The van der Waals surface area contributed by atoms with Crippen LogP contribution in [0.25, 0.3) is 0 Å².